The monoisotopic (exact) mass is 394 g/mol. The number of carbonyl (C=O) groups excluding carboxylic acids is 1. The van der Waals surface area contributed by atoms with Crippen molar-refractivity contribution in [2.45, 2.75) is 32.4 Å². The molecule has 6 nitrogen and oxygen atoms in total. The van der Waals surface area contributed by atoms with E-state index in [1.165, 1.54) is 11.1 Å². The second-order valence-corrected chi connectivity index (χ2v) is 7.14. The highest BCUT2D eigenvalue weighted by Gasteiger charge is 2.24. The van der Waals surface area contributed by atoms with Crippen LogP contribution in [-0.2, 0) is 17.8 Å². The van der Waals surface area contributed by atoms with Crippen molar-refractivity contribution in [3.05, 3.63) is 64.4 Å². The predicted octanol–water partition coefficient (Wildman–Crippen LogP) is 3.81. The summed E-state index contributed by atoms with van der Waals surface area (Å²) in [4.78, 5) is 12.7. The van der Waals surface area contributed by atoms with E-state index in [1.54, 1.807) is 4.57 Å². The maximum absolute atomic E-state index is 12.7. The highest BCUT2D eigenvalue weighted by molar-refractivity contribution is 7.71. The Morgan fingerprint density at radius 2 is 2.07 bits per heavy atom. The second kappa shape index (κ2) is 7.98. The van der Waals surface area contributed by atoms with Crippen molar-refractivity contribution in [2.75, 3.05) is 6.61 Å². The summed E-state index contributed by atoms with van der Waals surface area (Å²) in [5.74, 6) is 1.35. The zero-order valence-electron chi connectivity index (χ0n) is 15.6. The fourth-order valence-corrected chi connectivity index (χ4v) is 3.84. The number of benzene rings is 2. The SMILES string of the molecule is CCOc1ccc(-c2n[nH]c(=S)n2CC(=O)N[C@@H]2CCc3ccccc32)cc1. The predicted molar refractivity (Wildman–Crippen MR) is 110 cm³/mol. The Kier molecular flexibility index (Phi) is 5.25. The van der Waals surface area contributed by atoms with Crippen LogP contribution in [0, 0.1) is 4.77 Å². The van der Waals surface area contributed by atoms with Crippen LogP contribution in [0.5, 0.6) is 5.75 Å². The first-order valence-corrected chi connectivity index (χ1v) is 9.82. The molecule has 28 heavy (non-hydrogen) atoms. The van der Waals surface area contributed by atoms with Crippen molar-refractivity contribution in [2.24, 2.45) is 0 Å². The van der Waals surface area contributed by atoms with Gasteiger partial charge in [-0.2, -0.15) is 5.10 Å². The van der Waals surface area contributed by atoms with Gasteiger partial charge < -0.3 is 10.1 Å². The molecule has 144 valence electrons. The third-order valence-electron chi connectivity index (χ3n) is 4.95. The largest absolute Gasteiger partial charge is 0.494 e. The van der Waals surface area contributed by atoms with Gasteiger partial charge in [0.25, 0.3) is 0 Å². The number of ether oxygens (including phenoxy) is 1. The van der Waals surface area contributed by atoms with Gasteiger partial charge in [0.05, 0.1) is 12.6 Å². The molecule has 2 N–H and O–H groups in total. The molecule has 1 atom stereocenters. The zero-order chi connectivity index (χ0) is 19.5. The summed E-state index contributed by atoms with van der Waals surface area (Å²) < 4.78 is 7.63. The average molecular weight is 395 g/mol. The standard InChI is InChI=1S/C21H22N4O2S/c1-2-27-16-10-7-15(8-11-16)20-23-24-21(28)25(20)13-19(26)22-18-12-9-14-5-3-4-6-17(14)18/h3-8,10-11,18H,2,9,12-13H2,1H3,(H,22,26)(H,24,28)/t18-/m1/s1. The van der Waals surface area contributed by atoms with Crippen molar-refractivity contribution in [1.29, 1.82) is 0 Å². The number of aromatic amines is 1. The van der Waals surface area contributed by atoms with E-state index in [0.29, 0.717) is 17.2 Å². The summed E-state index contributed by atoms with van der Waals surface area (Å²) in [7, 11) is 0. The molecule has 1 aromatic heterocycles. The summed E-state index contributed by atoms with van der Waals surface area (Å²) in [5.41, 5.74) is 3.39. The lowest BCUT2D eigenvalue weighted by atomic mass is 10.1. The molecule has 0 fully saturated rings. The maximum atomic E-state index is 12.7. The van der Waals surface area contributed by atoms with E-state index in [2.05, 4.69) is 27.6 Å². The number of H-pyrrole nitrogens is 1. The molecule has 0 unspecified atom stereocenters. The number of hydrogen-bond acceptors (Lipinski definition) is 4. The van der Waals surface area contributed by atoms with Gasteiger partial charge in [-0.25, -0.2) is 0 Å². The molecule has 0 bridgehead atoms. The number of amides is 1. The average Bonchev–Trinajstić information content (AvgIpc) is 3.27. The van der Waals surface area contributed by atoms with E-state index in [4.69, 9.17) is 17.0 Å². The third-order valence-corrected chi connectivity index (χ3v) is 5.26. The van der Waals surface area contributed by atoms with Gasteiger partial charge in [0.15, 0.2) is 10.6 Å². The molecule has 0 saturated heterocycles. The Hall–Kier alpha value is -2.93. The van der Waals surface area contributed by atoms with E-state index in [-0.39, 0.29) is 18.5 Å². The van der Waals surface area contributed by atoms with Gasteiger partial charge in [-0.05, 0) is 67.4 Å². The summed E-state index contributed by atoms with van der Waals surface area (Å²) >= 11 is 5.34. The van der Waals surface area contributed by atoms with Crippen LogP contribution in [0.4, 0.5) is 0 Å². The fourth-order valence-electron chi connectivity index (χ4n) is 3.64. The fraction of sp³-hybridized carbons (Fsp3) is 0.286. The number of fused-ring (bicyclic) bond motifs is 1. The number of aromatic nitrogens is 3. The Morgan fingerprint density at radius 3 is 2.86 bits per heavy atom. The lowest BCUT2D eigenvalue weighted by molar-refractivity contribution is -0.122. The number of hydrogen-bond donors (Lipinski definition) is 2. The van der Waals surface area contributed by atoms with E-state index in [0.717, 1.165) is 24.2 Å². The first kappa shape index (κ1) is 18.4. The van der Waals surface area contributed by atoms with Crippen LogP contribution in [0.1, 0.15) is 30.5 Å². The van der Waals surface area contributed by atoms with Gasteiger partial charge in [-0.1, -0.05) is 24.3 Å². The highest BCUT2D eigenvalue weighted by Crippen LogP contribution is 2.30. The topological polar surface area (TPSA) is 71.9 Å². The van der Waals surface area contributed by atoms with Gasteiger partial charge in [0.2, 0.25) is 5.91 Å². The molecule has 2 aromatic carbocycles. The molecular weight excluding hydrogens is 372 g/mol. The van der Waals surface area contributed by atoms with Gasteiger partial charge in [-0.15, -0.1) is 0 Å². The number of nitrogens with zero attached hydrogens (tertiary/aromatic N) is 2. The van der Waals surface area contributed by atoms with Crippen molar-refractivity contribution in [3.63, 3.8) is 0 Å². The number of carbonyl (C=O) groups is 1. The molecule has 0 spiro atoms. The smallest absolute Gasteiger partial charge is 0.240 e. The van der Waals surface area contributed by atoms with Crippen molar-refractivity contribution in [3.8, 4) is 17.1 Å². The quantitative estimate of drug-likeness (QED) is 0.624. The van der Waals surface area contributed by atoms with Crippen LogP contribution in [0.25, 0.3) is 11.4 Å². The number of nitrogens with one attached hydrogen (secondary N) is 2. The Labute approximate surface area is 168 Å². The summed E-state index contributed by atoms with van der Waals surface area (Å²) in [6, 6.07) is 15.9. The molecular formula is C21H22N4O2S. The molecule has 0 radical (unpaired) electrons. The molecule has 1 aliphatic rings. The van der Waals surface area contributed by atoms with Gasteiger partial charge in [0, 0.05) is 5.56 Å². The molecule has 1 heterocycles. The Morgan fingerprint density at radius 1 is 1.29 bits per heavy atom. The number of aryl methyl sites for hydroxylation is 1. The van der Waals surface area contributed by atoms with Crippen LogP contribution >= 0.6 is 12.2 Å². The lowest BCUT2D eigenvalue weighted by Gasteiger charge is -2.15. The van der Waals surface area contributed by atoms with E-state index in [9.17, 15) is 4.79 Å². The van der Waals surface area contributed by atoms with Gasteiger partial charge >= 0.3 is 0 Å². The molecule has 1 aliphatic carbocycles. The Bertz CT molecular complexity index is 1040. The third kappa shape index (κ3) is 3.71. The molecule has 0 aliphatic heterocycles. The first-order chi connectivity index (χ1) is 13.7. The van der Waals surface area contributed by atoms with E-state index in [1.807, 2.05) is 43.3 Å². The van der Waals surface area contributed by atoms with Crippen LogP contribution in [0.3, 0.4) is 0 Å². The lowest BCUT2D eigenvalue weighted by Crippen LogP contribution is -2.30. The summed E-state index contributed by atoms with van der Waals surface area (Å²) in [6.45, 7) is 2.68. The van der Waals surface area contributed by atoms with Crippen molar-refractivity contribution in [1.82, 2.24) is 20.1 Å². The van der Waals surface area contributed by atoms with Crippen LogP contribution in [0.2, 0.25) is 0 Å². The van der Waals surface area contributed by atoms with Crippen LogP contribution in [0.15, 0.2) is 48.5 Å². The molecule has 7 heteroatoms. The maximum Gasteiger partial charge on any atom is 0.240 e. The highest BCUT2D eigenvalue weighted by atomic mass is 32.1. The molecule has 1 amide bonds. The molecule has 0 saturated carbocycles. The zero-order valence-corrected chi connectivity index (χ0v) is 16.5. The van der Waals surface area contributed by atoms with Crippen molar-refractivity contribution < 1.29 is 9.53 Å². The van der Waals surface area contributed by atoms with E-state index < -0.39 is 0 Å². The van der Waals surface area contributed by atoms with Gasteiger partial charge in [-0.3, -0.25) is 14.5 Å². The van der Waals surface area contributed by atoms with Gasteiger partial charge in [0.1, 0.15) is 12.3 Å². The minimum Gasteiger partial charge on any atom is -0.494 e. The Balaban J connectivity index is 1.50. The summed E-state index contributed by atoms with van der Waals surface area (Å²) in [6.07, 6.45) is 1.91. The molecule has 4 rings (SSSR count). The summed E-state index contributed by atoms with van der Waals surface area (Å²) in [5, 5.41) is 10.2. The van der Waals surface area contributed by atoms with Crippen LogP contribution < -0.4 is 10.1 Å². The van der Waals surface area contributed by atoms with Crippen molar-refractivity contribution >= 4 is 18.1 Å². The minimum absolute atomic E-state index is 0.0544. The normalized spacial score (nSPS) is 15.2. The molecule has 3 aromatic rings. The second-order valence-electron chi connectivity index (χ2n) is 6.75. The van der Waals surface area contributed by atoms with Crippen LogP contribution in [-0.4, -0.2) is 27.3 Å². The first-order valence-electron chi connectivity index (χ1n) is 9.41. The van der Waals surface area contributed by atoms with E-state index >= 15 is 0 Å². The number of rotatable bonds is 6. The minimum atomic E-state index is -0.0774.